The third kappa shape index (κ3) is 4.01. The Morgan fingerprint density at radius 2 is 2.00 bits per heavy atom. The molecule has 0 aliphatic carbocycles. The van der Waals surface area contributed by atoms with Crippen LogP contribution in [0.4, 0.5) is 5.69 Å². The van der Waals surface area contributed by atoms with Gasteiger partial charge in [-0.2, -0.15) is 0 Å². The van der Waals surface area contributed by atoms with E-state index in [1.54, 1.807) is 0 Å². The summed E-state index contributed by atoms with van der Waals surface area (Å²) in [6.45, 7) is 13.6. The number of nitrogens with one attached hydrogen (secondary N) is 1. The molecule has 2 nitrogen and oxygen atoms in total. The van der Waals surface area contributed by atoms with Crippen molar-refractivity contribution in [2.75, 3.05) is 18.0 Å². The molecule has 3 heteroatoms. The monoisotopic (exact) mass is 352 g/mol. The van der Waals surface area contributed by atoms with Gasteiger partial charge in [-0.3, -0.25) is 0 Å². The molecule has 1 aromatic carbocycles. The molecule has 1 heterocycles. The first-order chi connectivity index (χ1) is 9.90. The Morgan fingerprint density at radius 3 is 2.62 bits per heavy atom. The lowest BCUT2D eigenvalue weighted by Gasteiger charge is -2.45. The Labute approximate surface area is 138 Å². The molecule has 0 radical (unpaired) electrons. The first-order valence-corrected chi connectivity index (χ1v) is 8.94. The summed E-state index contributed by atoms with van der Waals surface area (Å²) in [6.07, 6.45) is 1.24. The van der Waals surface area contributed by atoms with Crippen LogP contribution < -0.4 is 10.2 Å². The standard InChI is InChI=1S/C18H29BrN2/c1-12(2)9-15-11-21(17(10-20-15)13(3)4)16-8-6-7-14(5)18(16)19/h6-8,12-13,15,17,20H,9-11H2,1-5H3. The van der Waals surface area contributed by atoms with Crippen molar-refractivity contribution in [1.82, 2.24) is 5.32 Å². The van der Waals surface area contributed by atoms with Crippen molar-refractivity contribution >= 4 is 21.6 Å². The summed E-state index contributed by atoms with van der Waals surface area (Å²) in [7, 11) is 0. The molecule has 21 heavy (non-hydrogen) atoms. The molecule has 0 saturated carbocycles. The van der Waals surface area contributed by atoms with E-state index >= 15 is 0 Å². The first kappa shape index (κ1) is 16.8. The predicted molar refractivity (Wildman–Crippen MR) is 96.1 cm³/mol. The van der Waals surface area contributed by atoms with Crippen LogP contribution in [0.2, 0.25) is 0 Å². The van der Waals surface area contributed by atoms with Crippen LogP contribution in [-0.2, 0) is 0 Å². The first-order valence-electron chi connectivity index (χ1n) is 8.15. The Morgan fingerprint density at radius 1 is 1.29 bits per heavy atom. The van der Waals surface area contributed by atoms with Crippen molar-refractivity contribution in [1.29, 1.82) is 0 Å². The summed E-state index contributed by atoms with van der Waals surface area (Å²) in [5, 5.41) is 3.76. The third-order valence-electron chi connectivity index (χ3n) is 4.44. The fraction of sp³-hybridized carbons (Fsp3) is 0.667. The number of benzene rings is 1. The zero-order chi connectivity index (χ0) is 15.6. The maximum absolute atomic E-state index is 3.80. The van der Waals surface area contributed by atoms with Gasteiger partial charge in [0.25, 0.3) is 0 Å². The zero-order valence-corrected chi connectivity index (χ0v) is 15.6. The average Bonchev–Trinajstić information content (AvgIpc) is 2.41. The minimum absolute atomic E-state index is 0.562. The number of aryl methyl sites for hydroxylation is 1. The van der Waals surface area contributed by atoms with Crippen LogP contribution in [0.5, 0.6) is 0 Å². The number of hydrogen-bond donors (Lipinski definition) is 1. The Hall–Kier alpha value is -0.540. The fourth-order valence-electron chi connectivity index (χ4n) is 3.29. The van der Waals surface area contributed by atoms with E-state index in [9.17, 15) is 0 Å². The minimum Gasteiger partial charge on any atom is -0.365 e. The lowest BCUT2D eigenvalue weighted by Crippen LogP contribution is -2.58. The second-order valence-electron chi connectivity index (χ2n) is 7.11. The normalized spacial score (nSPS) is 23.1. The van der Waals surface area contributed by atoms with Crippen LogP contribution in [0.1, 0.15) is 39.7 Å². The fourth-order valence-corrected chi connectivity index (χ4v) is 3.78. The lowest BCUT2D eigenvalue weighted by atomic mass is 9.94. The number of nitrogens with zero attached hydrogens (tertiary/aromatic N) is 1. The van der Waals surface area contributed by atoms with Gasteiger partial charge in [0.1, 0.15) is 0 Å². The van der Waals surface area contributed by atoms with E-state index in [1.165, 1.54) is 22.1 Å². The lowest BCUT2D eigenvalue weighted by molar-refractivity contribution is 0.310. The van der Waals surface area contributed by atoms with Crippen LogP contribution in [0.15, 0.2) is 22.7 Å². The van der Waals surface area contributed by atoms with Crippen molar-refractivity contribution in [2.24, 2.45) is 11.8 Å². The molecule has 118 valence electrons. The predicted octanol–water partition coefficient (Wildman–Crippen LogP) is 4.61. The molecule has 1 aliphatic rings. The van der Waals surface area contributed by atoms with Crippen molar-refractivity contribution in [3.8, 4) is 0 Å². The molecule has 0 amide bonds. The Kier molecular flexibility index (Phi) is 5.73. The summed E-state index contributed by atoms with van der Waals surface area (Å²) in [4.78, 5) is 2.62. The van der Waals surface area contributed by atoms with E-state index in [1.807, 2.05) is 0 Å². The van der Waals surface area contributed by atoms with Crippen LogP contribution in [0, 0.1) is 18.8 Å². The maximum atomic E-state index is 3.80. The van der Waals surface area contributed by atoms with Crippen molar-refractivity contribution in [2.45, 2.75) is 53.1 Å². The summed E-state index contributed by atoms with van der Waals surface area (Å²) in [5.74, 6) is 1.38. The molecule has 2 unspecified atom stereocenters. The number of piperazine rings is 1. The smallest absolute Gasteiger partial charge is 0.0516 e. The molecule has 0 spiro atoms. The van der Waals surface area contributed by atoms with Gasteiger partial charge < -0.3 is 10.2 Å². The van der Waals surface area contributed by atoms with Crippen LogP contribution in [0.3, 0.4) is 0 Å². The van der Waals surface area contributed by atoms with Crippen molar-refractivity contribution < 1.29 is 0 Å². The second-order valence-corrected chi connectivity index (χ2v) is 7.90. The van der Waals surface area contributed by atoms with E-state index in [0.29, 0.717) is 18.0 Å². The van der Waals surface area contributed by atoms with E-state index in [4.69, 9.17) is 0 Å². The van der Waals surface area contributed by atoms with Crippen LogP contribution >= 0.6 is 15.9 Å². The van der Waals surface area contributed by atoms with Gasteiger partial charge in [-0.1, -0.05) is 39.8 Å². The van der Waals surface area contributed by atoms with Gasteiger partial charge in [0, 0.05) is 29.6 Å². The molecule has 1 N–H and O–H groups in total. The summed E-state index contributed by atoms with van der Waals surface area (Å²) in [5.41, 5.74) is 2.66. The van der Waals surface area contributed by atoms with Crippen LogP contribution in [0.25, 0.3) is 0 Å². The molecular weight excluding hydrogens is 324 g/mol. The molecule has 1 aliphatic heterocycles. The highest BCUT2D eigenvalue weighted by atomic mass is 79.9. The van der Waals surface area contributed by atoms with Crippen molar-refractivity contribution in [3.63, 3.8) is 0 Å². The molecule has 0 bridgehead atoms. The average molecular weight is 353 g/mol. The van der Waals surface area contributed by atoms with Gasteiger partial charge in [0.2, 0.25) is 0 Å². The minimum atomic E-state index is 0.562. The van der Waals surface area contributed by atoms with Crippen molar-refractivity contribution in [3.05, 3.63) is 28.2 Å². The quantitative estimate of drug-likeness (QED) is 0.851. The third-order valence-corrected chi connectivity index (χ3v) is 5.47. The van der Waals surface area contributed by atoms with E-state index in [-0.39, 0.29) is 0 Å². The van der Waals surface area contributed by atoms with Gasteiger partial charge in [-0.05, 0) is 52.7 Å². The van der Waals surface area contributed by atoms with Gasteiger partial charge in [0.15, 0.2) is 0 Å². The molecule has 1 aromatic rings. The van der Waals surface area contributed by atoms with Gasteiger partial charge in [-0.25, -0.2) is 0 Å². The summed E-state index contributed by atoms with van der Waals surface area (Å²) in [6, 6.07) is 7.75. The molecule has 2 atom stereocenters. The number of hydrogen-bond acceptors (Lipinski definition) is 2. The molecule has 1 fully saturated rings. The second kappa shape index (κ2) is 7.15. The topological polar surface area (TPSA) is 15.3 Å². The Balaban J connectivity index is 2.27. The highest BCUT2D eigenvalue weighted by Crippen LogP contribution is 2.33. The molecule has 1 saturated heterocycles. The van der Waals surface area contributed by atoms with Crippen LogP contribution in [-0.4, -0.2) is 25.2 Å². The van der Waals surface area contributed by atoms with Gasteiger partial charge in [-0.15, -0.1) is 0 Å². The molecule has 0 aromatic heterocycles. The van der Waals surface area contributed by atoms with E-state index in [2.05, 4.69) is 79.0 Å². The van der Waals surface area contributed by atoms with E-state index in [0.717, 1.165) is 19.0 Å². The van der Waals surface area contributed by atoms with Gasteiger partial charge >= 0.3 is 0 Å². The molecular formula is C18H29BrN2. The largest absolute Gasteiger partial charge is 0.365 e. The number of halogens is 1. The summed E-state index contributed by atoms with van der Waals surface area (Å²) < 4.78 is 1.25. The highest BCUT2D eigenvalue weighted by Gasteiger charge is 2.31. The van der Waals surface area contributed by atoms with E-state index < -0.39 is 0 Å². The Bertz CT molecular complexity index is 470. The number of anilines is 1. The molecule has 2 rings (SSSR count). The zero-order valence-electron chi connectivity index (χ0n) is 14.0. The SMILES string of the molecule is Cc1cccc(N2CC(CC(C)C)NCC2C(C)C)c1Br. The van der Waals surface area contributed by atoms with Gasteiger partial charge in [0.05, 0.1) is 5.69 Å². The maximum Gasteiger partial charge on any atom is 0.0516 e. The number of rotatable bonds is 4. The summed E-state index contributed by atoms with van der Waals surface area (Å²) >= 11 is 3.80. The highest BCUT2D eigenvalue weighted by molar-refractivity contribution is 9.10.